The number of aryl methyl sites for hydroxylation is 1. The summed E-state index contributed by atoms with van der Waals surface area (Å²) in [5.41, 5.74) is 0.746. The van der Waals surface area contributed by atoms with Gasteiger partial charge in [-0.05, 0) is 49.4 Å². The van der Waals surface area contributed by atoms with Gasteiger partial charge < -0.3 is 10.0 Å². The minimum absolute atomic E-state index is 0.115. The third-order valence-corrected chi connectivity index (χ3v) is 8.23. The number of aromatic nitrogens is 2. The second kappa shape index (κ2) is 12.5. The molecule has 0 atom stereocenters. The lowest BCUT2D eigenvalue weighted by molar-refractivity contribution is -0.703. The highest BCUT2D eigenvalue weighted by atomic mass is 32.2. The van der Waals surface area contributed by atoms with Crippen molar-refractivity contribution in [1.82, 2.24) is 24.4 Å². The third-order valence-electron chi connectivity index (χ3n) is 6.84. The van der Waals surface area contributed by atoms with E-state index in [-0.39, 0.29) is 27.5 Å². The molecular weight excluding hydrogens is 647 g/mol. The van der Waals surface area contributed by atoms with Crippen LogP contribution in [0, 0.1) is 12.1 Å². The fourth-order valence-electron chi connectivity index (χ4n) is 4.47. The Morgan fingerprint density at radius 2 is 1.62 bits per heavy atom. The van der Waals surface area contributed by atoms with E-state index < -0.39 is 57.8 Å². The summed E-state index contributed by atoms with van der Waals surface area (Å²) in [4.78, 5) is 42.1. The van der Waals surface area contributed by atoms with Crippen LogP contribution >= 0.6 is 0 Å². The number of hydrazine groups is 1. The van der Waals surface area contributed by atoms with Crippen molar-refractivity contribution in [3.05, 3.63) is 106 Å². The van der Waals surface area contributed by atoms with Crippen LogP contribution in [0.1, 0.15) is 32.0 Å². The van der Waals surface area contributed by atoms with E-state index in [4.69, 9.17) is 4.84 Å². The molecule has 0 saturated heterocycles. The number of nitrogens with zero attached hydrogens (tertiary/aromatic N) is 6. The van der Waals surface area contributed by atoms with Crippen molar-refractivity contribution < 1.29 is 45.8 Å². The van der Waals surface area contributed by atoms with Crippen molar-refractivity contribution in [2.24, 2.45) is 5.28 Å². The van der Waals surface area contributed by atoms with Crippen LogP contribution in [0.3, 0.4) is 0 Å². The van der Waals surface area contributed by atoms with E-state index in [1.807, 2.05) is 6.92 Å². The highest BCUT2D eigenvalue weighted by molar-refractivity contribution is 7.90. The second-order valence-electron chi connectivity index (χ2n) is 10.2. The predicted molar refractivity (Wildman–Crippen MR) is 156 cm³/mol. The molecular formula is C29H24F3N7O7S. The van der Waals surface area contributed by atoms with Gasteiger partial charge in [0.15, 0.2) is 12.2 Å². The predicted octanol–water partition coefficient (Wildman–Crippen LogP) is 3.67. The normalized spacial score (nSPS) is 13.5. The Kier molecular flexibility index (Phi) is 8.70. The maximum Gasteiger partial charge on any atom is 0.435 e. The van der Waals surface area contributed by atoms with Gasteiger partial charge in [-0.3, -0.25) is 14.4 Å². The van der Waals surface area contributed by atoms with Crippen molar-refractivity contribution in [3.63, 3.8) is 0 Å². The van der Waals surface area contributed by atoms with E-state index in [1.165, 1.54) is 24.3 Å². The summed E-state index contributed by atoms with van der Waals surface area (Å²) in [6.45, 7) is 0.314. The smallest absolute Gasteiger partial charge is 0.435 e. The number of fused-ring (bicyclic) bond motifs is 1. The number of carbonyl (C=O) groups is 3. The minimum Gasteiger partial charge on any atom is -0.569 e. The lowest BCUT2D eigenvalue weighted by Gasteiger charge is -2.14. The van der Waals surface area contributed by atoms with Crippen LogP contribution in [-0.2, 0) is 25.8 Å². The lowest BCUT2D eigenvalue weighted by atomic mass is 10.1. The SMILES string of the molecule is Cc1ccc(-c2cc(C(F)(F)F)nn2-c2ccc(S(=O)(=O)NC(=O)CN(C)[N+]([O-])=NOCN3C(=O)c4ccccc4C3=O)cc2)cc1. The number of nitrogens with one attached hydrogen (secondary N) is 1. The van der Waals surface area contributed by atoms with E-state index in [9.17, 15) is 41.2 Å². The van der Waals surface area contributed by atoms with Crippen molar-refractivity contribution >= 4 is 27.7 Å². The quantitative estimate of drug-likeness (QED) is 0.114. The Morgan fingerprint density at radius 1 is 1.02 bits per heavy atom. The maximum absolute atomic E-state index is 13.5. The van der Waals surface area contributed by atoms with Crippen molar-refractivity contribution in [2.45, 2.75) is 18.0 Å². The van der Waals surface area contributed by atoms with Gasteiger partial charge in [0, 0.05) is 5.56 Å². The van der Waals surface area contributed by atoms with Gasteiger partial charge in [0.05, 0.1) is 39.4 Å². The zero-order valence-corrected chi connectivity index (χ0v) is 25.3. The van der Waals surface area contributed by atoms with E-state index in [0.717, 1.165) is 40.4 Å². The molecule has 14 nitrogen and oxygen atoms in total. The first-order valence-electron chi connectivity index (χ1n) is 13.5. The van der Waals surface area contributed by atoms with Gasteiger partial charge in [-0.25, -0.2) is 22.7 Å². The molecule has 0 spiro atoms. The lowest BCUT2D eigenvalue weighted by Crippen LogP contribution is -2.41. The molecule has 0 radical (unpaired) electrons. The first-order chi connectivity index (χ1) is 22.2. The van der Waals surface area contributed by atoms with Crippen molar-refractivity contribution in [1.29, 1.82) is 0 Å². The molecule has 0 unspecified atom stereocenters. The van der Waals surface area contributed by atoms with Gasteiger partial charge in [-0.15, -0.1) is 5.01 Å². The zero-order chi connectivity index (χ0) is 34.1. The largest absolute Gasteiger partial charge is 0.569 e. The molecule has 1 aliphatic heterocycles. The Balaban J connectivity index is 1.22. The monoisotopic (exact) mass is 671 g/mol. The number of hydrogen-bond donors (Lipinski definition) is 1. The fraction of sp³-hybridized carbons (Fsp3) is 0.172. The Bertz CT molecular complexity index is 1960. The van der Waals surface area contributed by atoms with E-state index >= 15 is 0 Å². The molecule has 4 aromatic rings. The minimum atomic E-state index is -4.73. The van der Waals surface area contributed by atoms with Crippen LogP contribution in [0.15, 0.2) is 89.0 Å². The summed E-state index contributed by atoms with van der Waals surface area (Å²) in [6.07, 6.45) is -4.73. The first kappa shape index (κ1) is 32.6. The first-order valence-corrected chi connectivity index (χ1v) is 15.0. The summed E-state index contributed by atoms with van der Waals surface area (Å²) in [5.74, 6) is -2.44. The van der Waals surface area contributed by atoms with Crippen molar-refractivity contribution in [3.8, 4) is 16.9 Å². The zero-order valence-electron chi connectivity index (χ0n) is 24.5. The fourth-order valence-corrected chi connectivity index (χ4v) is 5.45. The number of halogens is 3. The number of benzene rings is 3. The van der Waals surface area contributed by atoms with Gasteiger partial charge in [0.25, 0.3) is 27.7 Å². The van der Waals surface area contributed by atoms with Gasteiger partial charge in [0.2, 0.25) is 12.0 Å². The highest BCUT2D eigenvalue weighted by Crippen LogP contribution is 2.33. The molecule has 0 bridgehead atoms. The number of likely N-dealkylation sites (N-methyl/N-ethyl adjacent to an activating group) is 1. The second-order valence-corrected chi connectivity index (χ2v) is 11.9. The Morgan fingerprint density at radius 3 is 2.19 bits per heavy atom. The van der Waals surface area contributed by atoms with Crippen LogP contribution in [0.4, 0.5) is 13.2 Å². The number of rotatable bonds is 10. The van der Waals surface area contributed by atoms with Gasteiger partial charge >= 0.3 is 6.18 Å². The van der Waals surface area contributed by atoms with Crippen LogP contribution in [0.2, 0.25) is 0 Å². The Hall–Kier alpha value is -5.78. The van der Waals surface area contributed by atoms with E-state index in [1.54, 1.807) is 41.1 Å². The Labute approximate surface area is 264 Å². The molecule has 5 rings (SSSR count). The van der Waals surface area contributed by atoms with Crippen LogP contribution in [0.5, 0.6) is 0 Å². The third kappa shape index (κ3) is 6.91. The molecule has 18 heteroatoms. The summed E-state index contributed by atoms with van der Waals surface area (Å²) in [7, 11) is -3.39. The molecule has 0 aliphatic carbocycles. The number of imide groups is 1. The average molecular weight is 672 g/mol. The standard InChI is InChI=1S/C29H24F3N7O7S/c1-18-7-9-19(10-8-18)24-15-25(29(30,31)32)33-38(24)20-11-13-21(14-12-20)47(44,45)34-26(40)16-36(2)39(43)35-46-17-37-27(41)22-5-3-4-6-23(22)28(37)42/h3-15H,16-17H2,1-2H3,(H,34,40). The average Bonchev–Trinajstić information content (AvgIpc) is 3.58. The molecule has 1 N–H and O–H groups in total. The number of sulfonamides is 1. The number of amides is 3. The van der Waals surface area contributed by atoms with Crippen LogP contribution in [0.25, 0.3) is 16.9 Å². The number of hydrogen-bond acceptors (Lipinski definition) is 9. The molecule has 1 aromatic heterocycles. The summed E-state index contributed by atoms with van der Waals surface area (Å²) in [5, 5.41) is 19.7. The van der Waals surface area contributed by atoms with Crippen LogP contribution < -0.4 is 4.72 Å². The molecule has 2 heterocycles. The summed E-state index contributed by atoms with van der Waals surface area (Å²) >= 11 is 0. The van der Waals surface area contributed by atoms with Gasteiger partial charge in [0.1, 0.15) is 0 Å². The van der Waals surface area contributed by atoms with E-state index in [2.05, 4.69) is 10.4 Å². The van der Waals surface area contributed by atoms with Crippen LogP contribution in [-0.4, -0.2) is 71.1 Å². The van der Waals surface area contributed by atoms with Crippen molar-refractivity contribution in [2.75, 3.05) is 20.3 Å². The summed E-state index contributed by atoms with van der Waals surface area (Å²) in [6, 6.07) is 18.2. The molecule has 0 fully saturated rings. The molecule has 1 aliphatic rings. The molecule has 244 valence electrons. The number of carbonyl (C=O) groups excluding carboxylic acids is 3. The van der Waals surface area contributed by atoms with Gasteiger partial charge in [-0.2, -0.15) is 18.3 Å². The highest BCUT2D eigenvalue weighted by Gasteiger charge is 2.36. The van der Waals surface area contributed by atoms with E-state index in [0.29, 0.717) is 10.6 Å². The maximum atomic E-state index is 13.5. The summed E-state index contributed by atoms with van der Waals surface area (Å²) < 4.78 is 69.0. The molecule has 3 aromatic carbocycles. The molecule has 0 saturated carbocycles. The topological polar surface area (TPSA) is 169 Å². The molecule has 3 amide bonds. The van der Waals surface area contributed by atoms with Gasteiger partial charge in [-0.1, -0.05) is 42.0 Å². The number of alkyl halides is 3. The molecule has 47 heavy (non-hydrogen) atoms.